The lowest BCUT2D eigenvalue weighted by Crippen LogP contribution is -2.20. The lowest BCUT2D eigenvalue weighted by molar-refractivity contribution is -0.124. The van der Waals surface area contributed by atoms with Gasteiger partial charge in [0.05, 0.1) is 17.8 Å². The summed E-state index contributed by atoms with van der Waals surface area (Å²) in [4.78, 5) is 23.7. The highest BCUT2D eigenvalue weighted by atomic mass is 19.1. The highest BCUT2D eigenvalue weighted by Crippen LogP contribution is 2.15. The maximum atomic E-state index is 12.9. The Balaban J connectivity index is 1.39. The molecule has 0 unspecified atom stereocenters. The number of ether oxygens (including phenoxy) is 1. The molecule has 2 amide bonds. The van der Waals surface area contributed by atoms with Gasteiger partial charge in [-0.1, -0.05) is 18.2 Å². The third kappa shape index (κ3) is 7.60. The van der Waals surface area contributed by atoms with E-state index in [9.17, 15) is 14.0 Å². The highest BCUT2D eigenvalue weighted by molar-refractivity contribution is 5.93. The summed E-state index contributed by atoms with van der Waals surface area (Å²) in [5, 5.41) is 15.6. The molecule has 0 heterocycles. The van der Waals surface area contributed by atoms with Crippen molar-refractivity contribution in [1.82, 2.24) is 5.43 Å². The number of nitriles is 1. The normalized spacial score (nSPS) is 10.4. The van der Waals surface area contributed by atoms with Crippen LogP contribution in [0.25, 0.3) is 0 Å². The first-order chi connectivity index (χ1) is 16.0. The van der Waals surface area contributed by atoms with Gasteiger partial charge in [-0.25, -0.2) is 9.82 Å². The quantitative estimate of drug-likeness (QED) is 0.382. The number of halogens is 1. The van der Waals surface area contributed by atoms with E-state index in [1.54, 1.807) is 36.4 Å². The van der Waals surface area contributed by atoms with Crippen LogP contribution in [0.1, 0.15) is 29.5 Å². The molecule has 166 valence electrons. The fourth-order valence-corrected chi connectivity index (χ4v) is 2.78. The molecule has 0 saturated heterocycles. The smallest absolute Gasteiger partial charge is 0.240 e. The molecule has 2 N–H and O–H groups in total. The van der Waals surface area contributed by atoms with Gasteiger partial charge in [-0.05, 0) is 60.2 Å². The minimum Gasteiger partial charge on any atom is -0.489 e. The Hall–Kier alpha value is -4.51. The maximum Gasteiger partial charge on any atom is 0.240 e. The summed E-state index contributed by atoms with van der Waals surface area (Å²) in [7, 11) is 0. The molecule has 0 aliphatic heterocycles. The summed E-state index contributed by atoms with van der Waals surface area (Å²) in [5.74, 6) is -0.518. The Bertz CT molecular complexity index is 1170. The van der Waals surface area contributed by atoms with E-state index in [1.807, 2.05) is 12.1 Å². The lowest BCUT2D eigenvalue weighted by Gasteiger charge is -2.07. The number of amides is 2. The lowest BCUT2D eigenvalue weighted by atomic mass is 10.1. The Morgan fingerprint density at radius 3 is 2.39 bits per heavy atom. The van der Waals surface area contributed by atoms with Gasteiger partial charge in [-0.3, -0.25) is 9.59 Å². The van der Waals surface area contributed by atoms with Gasteiger partial charge in [0.2, 0.25) is 11.8 Å². The number of rotatable bonds is 9. The predicted molar refractivity (Wildman–Crippen MR) is 122 cm³/mol. The first-order valence-corrected chi connectivity index (χ1v) is 10.1. The van der Waals surface area contributed by atoms with Gasteiger partial charge < -0.3 is 10.1 Å². The second-order valence-electron chi connectivity index (χ2n) is 6.97. The fourth-order valence-electron chi connectivity index (χ4n) is 2.78. The minimum atomic E-state index is -0.406. The van der Waals surface area contributed by atoms with E-state index < -0.39 is 11.7 Å². The van der Waals surface area contributed by atoms with E-state index in [0.29, 0.717) is 17.0 Å². The number of hydrazone groups is 1. The molecule has 33 heavy (non-hydrogen) atoms. The van der Waals surface area contributed by atoms with Crippen LogP contribution in [-0.2, 0) is 16.2 Å². The first kappa shape index (κ1) is 23.2. The van der Waals surface area contributed by atoms with E-state index in [-0.39, 0.29) is 25.4 Å². The summed E-state index contributed by atoms with van der Waals surface area (Å²) < 4.78 is 18.6. The van der Waals surface area contributed by atoms with Gasteiger partial charge in [-0.15, -0.1) is 0 Å². The van der Waals surface area contributed by atoms with Crippen LogP contribution in [0.15, 0.2) is 77.9 Å². The van der Waals surface area contributed by atoms with Crippen LogP contribution in [0.2, 0.25) is 0 Å². The van der Waals surface area contributed by atoms with Crippen LogP contribution in [0, 0.1) is 17.1 Å². The van der Waals surface area contributed by atoms with Crippen molar-refractivity contribution in [3.63, 3.8) is 0 Å². The number of hydrogen-bond acceptors (Lipinski definition) is 5. The van der Waals surface area contributed by atoms with E-state index in [4.69, 9.17) is 10.00 Å². The molecule has 8 heteroatoms. The minimum absolute atomic E-state index is 0.0281. The maximum absolute atomic E-state index is 12.9. The number of nitrogens with one attached hydrogen (secondary N) is 2. The molecule has 0 saturated carbocycles. The molecule has 0 spiro atoms. The average Bonchev–Trinajstić information content (AvgIpc) is 2.84. The van der Waals surface area contributed by atoms with Crippen LogP contribution < -0.4 is 15.5 Å². The summed E-state index contributed by atoms with van der Waals surface area (Å²) >= 11 is 0. The molecular formula is C25H21FN4O3. The van der Waals surface area contributed by atoms with Crippen molar-refractivity contribution in [2.75, 3.05) is 5.32 Å². The van der Waals surface area contributed by atoms with Crippen LogP contribution >= 0.6 is 0 Å². The Labute approximate surface area is 190 Å². The molecule has 0 bridgehead atoms. The van der Waals surface area contributed by atoms with Gasteiger partial charge >= 0.3 is 0 Å². The van der Waals surface area contributed by atoms with Gasteiger partial charge in [-0.2, -0.15) is 10.4 Å². The van der Waals surface area contributed by atoms with Crippen LogP contribution in [0.4, 0.5) is 10.1 Å². The van der Waals surface area contributed by atoms with E-state index in [0.717, 1.165) is 11.1 Å². The first-order valence-electron chi connectivity index (χ1n) is 10.1. The Morgan fingerprint density at radius 2 is 1.67 bits per heavy atom. The number of carbonyl (C=O) groups is 2. The largest absolute Gasteiger partial charge is 0.489 e. The number of anilines is 1. The monoisotopic (exact) mass is 444 g/mol. The van der Waals surface area contributed by atoms with E-state index in [1.165, 1.54) is 30.5 Å². The van der Waals surface area contributed by atoms with Crippen molar-refractivity contribution >= 4 is 23.7 Å². The van der Waals surface area contributed by atoms with Gasteiger partial charge in [0.1, 0.15) is 18.2 Å². The van der Waals surface area contributed by atoms with E-state index >= 15 is 0 Å². The molecule has 7 nitrogen and oxygen atoms in total. The Kier molecular flexibility index (Phi) is 8.26. The molecule has 0 aliphatic carbocycles. The number of nitrogens with zero attached hydrogens (tertiary/aromatic N) is 2. The number of benzene rings is 3. The van der Waals surface area contributed by atoms with Crippen molar-refractivity contribution in [1.29, 1.82) is 5.26 Å². The van der Waals surface area contributed by atoms with Gasteiger partial charge in [0.15, 0.2) is 0 Å². The third-order valence-electron chi connectivity index (χ3n) is 4.52. The summed E-state index contributed by atoms with van der Waals surface area (Å²) in [5.41, 5.74) is 4.95. The van der Waals surface area contributed by atoms with Gasteiger partial charge in [0, 0.05) is 24.1 Å². The second kappa shape index (κ2) is 11.8. The molecule has 0 aromatic heterocycles. The predicted octanol–water partition coefficient (Wildman–Crippen LogP) is 4.15. The van der Waals surface area contributed by atoms with Crippen molar-refractivity contribution < 1.29 is 18.7 Å². The van der Waals surface area contributed by atoms with Crippen molar-refractivity contribution in [3.8, 4) is 11.8 Å². The molecule has 3 aromatic rings. The zero-order valence-electron chi connectivity index (χ0n) is 17.6. The van der Waals surface area contributed by atoms with Crippen molar-refractivity contribution in [2.45, 2.75) is 19.4 Å². The standard InChI is InChI=1S/C25H21FN4O3/c26-21-7-9-22(10-8-21)29-24(31)13-14-25(32)30-28-16-18-5-11-23(12-6-18)33-17-20-4-2-1-3-19(20)15-27/h1-12,16H,13-14,17H2,(H,29,31)(H,30,32). The highest BCUT2D eigenvalue weighted by Gasteiger charge is 2.07. The van der Waals surface area contributed by atoms with Crippen LogP contribution in [0.3, 0.4) is 0 Å². The molecule has 3 aromatic carbocycles. The molecule has 0 fully saturated rings. The van der Waals surface area contributed by atoms with Crippen molar-refractivity contribution in [2.24, 2.45) is 5.10 Å². The number of carbonyl (C=O) groups excluding carboxylic acids is 2. The topological polar surface area (TPSA) is 104 Å². The second-order valence-corrected chi connectivity index (χ2v) is 6.97. The average molecular weight is 444 g/mol. The zero-order chi connectivity index (χ0) is 23.5. The van der Waals surface area contributed by atoms with Gasteiger partial charge in [0.25, 0.3) is 0 Å². The molecular weight excluding hydrogens is 423 g/mol. The van der Waals surface area contributed by atoms with Crippen LogP contribution in [-0.4, -0.2) is 18.0 Å². The summed E-state index contributed by atoms with van der Waals surface area (Å²) in [6, 6.07) is 21.8. The summed E-state index contributed by atoms with van der Waals surface area (Å²) in [6.45, 7) is 0.280. The van der Waals surface area contributed by atoms with Crippen molar-refractivity contribution in [3.05, 3.63) is 95.3 Å². The number of hydrogen-bond donors (Lipinski definition) is 2. The molecule has 0 radical (unpaired) electrons. The molecule has 0 aliphatic rings. The Morgan fingerprint density at radius 1 is 0.970 bits per heavy atom. The zero-order valence-corrected chi connectivity index (χ0v) is 17.6. The fraction of sp³-hybridized carbons (Fsp3) is 0.120. The van der Waals surface area contributed by atoms with Crippen LogP contribution in [0.5, 0.6) is 5.75 Å². The third-order valence-corrected chi connectivity index (χ3v) is 4.52. The SMILES string of the molecule is N#Cc1ccccc1COc1ccc(C=NNC(=O)CCC(=O)Nc2ccc(F)cc2)cc1. The summed E-state index contributed by atoms with van der Waals surface area (Å²) in [6.07, 6.45) is 1.41. The molecule has 3 rings (SSSR count). The molecule has 0 atom stereocenters. The van der Waals surface area contributed by atoms with E-state index in [2.05, 4.69) is 21.9 Å².